The van der Waals surface area contributed by atoms with Gasteiger partial charge in [0.05, 0.1) is 17.5 Å². The van der Waals surface area contributed by atoms with Gasteiger partial charge in [-0.25, -0.2) is 4.98 Å². The summed E-state index contributed by atoms with van der Waals surface area (Å²) < 4.78 is 0. The van der Waals surface area contributed by atoms with E-state index in [9.17, 15) is 14.4 Å². The maximum absolute atomic E-state index is 12.4. The Morgan fingerprint density at radius 2 is 1.89 bits per heavy atom. The Morgan fingerprint density at radius 1 is 1.15 bits per heavy atom. The molecule has 0 radical (unpaired) electrons. The van der Waals surface area contributed by atoms with E-state index in [2.05, 4.69) is 15.3 Å². The number of fused-ring (bicyclic) bond motifs is 1. The van der Waals surface area contributed by atoms with E-state index in [4.69, 9.17) is 0 Å². The Morgan fingerprint density at radius 3 is 2.56 bits per heavy atom. The highest BCUT2D eigenvalue weighted by atomic mass is 32.1. The number of hydrogen-bond donors (Lipinski definition) is 1. The van der Waals surface area contributed by atoms with Gasteiger partial charge < -0.3 is 5.32 Å². The highest BCUT2D eigenvalue weighted by molar-refractivity contribution is 7.14. The van der Waals surface area contributed by atoms with E-state index in [0.717, 1.165) is 31.4 Å². The van der Waals surface area contributed by atoms with Crippen LogP contribution in [0.4, 0.5) is 5.13 Å². The lowest BCUT2D eigenvalue weighted by Crippen LogP contribution is -2.34. The van der Waals surface area contributed by atoms with Crippen LogP contribution in [-0.2, 0) is 14.4 Å². The molecule has 27 heavy (non-hydrogen) atoms. The van der Waals surface area contributed by atoms with Gasteiger partial charge in [-0.2, -0.15) is 0 Å². The zero-order valence-electron chi connectivity index (χ0n) is 14.8. The highest BCUT2D eigenvalue weighted by Gasteiger charge is 2.47. The number of carbonyl (C=O) groups excluding carboxylic acids is 3. The molecule has 2 aromatic rings. The van der Waals surface area contributed by atoms with Crippen molar-refractivity contribution in [3.8, 4) is 11.4 Å². The van der Waals surface area contributed by atoms with E-state index in [1.54, 1.807) is 6.20 Å². The molecular weight excluding hydrogens is 364 g/mol. The first-order valence-corrected chi connectivity index (χ1v) is 10.0. The minimum Gasteiger partial charge on any atom is -0.302 e. The summed E-state index contributed by atoms with van der Waals surface area (Å²) in [5, 5.41) is 5.05. The summed E-state index contributed by atoms with van der Waals surface area (Å²) in [5.41, 5.74) is 1.44. The number of amides is 3. The van der Waals surface area contributed by atoms with Crippen molar-refractivity contribution in [3.63, 3.8) is 0 Å². The standard InChI is InChI=1S/C19H20N4O3S/c24-16(22-19-21-15(11-27-19)14-7-3-4-9-20-14)8-10-23-17(25)12-5-1-2-6-13(12)18(23)26/h3-4,7,9,11-13H,1-2,5-6,8,10H2,(H,21,22,24)/t12-,13-/m0/s1. The molecule has 0 unspecified atom stereocenters. The third kappa shape index (κ3) is 3.62. The van der Waals surface area contributed by atoms with Gasteiger partial charge in [-0.05, 0) is 25.0 Å². The number of carbonyl (C=O) groups is 3. The van der Waals surface area contributed by atoms with Crippen molar-refractivity contribution in [1.82, 2.24) is 14.9 Å². The van der Waals surface area contributed by atoms with E-state index in [1.165, 1.54) is 16.2 Å². The Balaban J connectivity index is 1.33. The number of anilines is 1. The van der Waals surface area contributed by atoms with Crippen LogP contribution in [0.25, 0.3) is 11.4 Å². The van der Waals surface area contributed by atoms with Gasteiger partial charge >= 0.3 is 0 Å². The highest BCUT2D eigenvalue weighted by Crippen LogP contribution is 2.38. The minimum atomic E-state index is -0.257. The summed E-state index contributed by atoms with van der Waals surface area (Å²) in [5.74, 6) is -0.816. The molecular formula is C19H20N4O3S. The van der Waals surface area contributed by atoms with Gasteiger partial charge in [-0.3, -0.25) is 24.3 Å². The Labute approximate surface area is 160 Å². The van der Waals surface area contributed by atoms with Gasteiger partial charge in [0, 0.05) is 24.5 Å². The first-order valence-electron chi connectivity index (χ1n) is 9.15. The number of nitrogens with zero attached hydrogens (tertiary/aromatic N) is 3. The summed E-state index contributed by atoms with van der Waals surface area (Å²) in [4.78, 5) is 47.0. The Hall–Kier alpha value is -2.61. The van der Waals surface area contributed by atoms with Crippen molar-refractivity contribution in [3.05, 3.63) is 29.8 Å². The molecule has 0 aromatic carbocycles. The number of thiazole rings is 1. The summed E-state index contributed by atoms with van der Waals surface area (Å²) >= 11 is 1.32. The van der Waals surface area contributed by atoms with Crippen LogP contribution < -0.4 is 5.32 Å². The maximum atomic E-state index is 12.4. The number of hydrogen-bond acceptors (Lipinski definition) is 6. The van der Waals surface area contributed by atoms with Crippen LogP contribution in [0, 0.1) is 11.8 Å². The molecule has 8 heteroatoms. The molecule has 1 saturated carbocycles. The van der Waals surface area contributed by atoms with E-state index >= 15 is 0 Å². The Kier molecular flexibility index (Phi) is 4.98. The van der Waals surface area contributed by atoms with Crippen molar-refractivity contribution in [1.29, 1.82) is 0 Å². The molecule has 1 aliphatic carbocycles. The molecule has 2 aromatic heterocycles. The first-order chi connectivity index (χ1) is 13.1. The van der Waals surface area contributed by atoms with Crippen molar-refractivity contribution in [2.75, 3.05) is 11.9 Å². The van der Waals surface area contributed by atoms with Crippen LogP contribution in [0.3, 0.4) is 0 Å². The van der Waals surface area contributed by atoms with Crippen LogP contribution in [0.1, 0.15) is 32.1 Å². The second-order valence-electron chi connectivity index (χ2n) is 6.88. The lowest BCUT2D eigenvalue weighted by atomic mass is 9.81. The predicted octanol–water partition coefficient (Wildman–Crippen LogP) is 2.71. The summed E-state index contributed by atoms with van der Waals surface area (Å²) in [7, 11) is 0. The predicted molar refractivity (Wildman–Crippen MR) is 101 cm³/mol. The average Bonchev–Trinajstić information content (AvgIpc) is 3.25. The van der Waals surface area contributed by atoms with Gasteiger partial charge in [0.1, 0.15) is 5.69 Å². The van der Waals surface area contributed by atoms with Gasteiger partial charge in [-0.1, -0.05) is 18.9 Å². The SMILES string of the molecule is O=C(CCN1C(=O)[C@H]2CCCC[C@@H]2C1=O)Nc1nc(-c2ccccn2)cs1. The fourth-order valence-electron chi connectivity index (χ4n) is 3.81. The normalized spacial score (nSPS) is 22.0. The van der Waals surface area contributed by atoms with Crippen LogP contribution in [-0.4, -0.2) is 39.1 Å². The lowest BCUT2D eigenvalue weighted by molar-refractivity contribution is -0.140. The number of imide groups is 1. The zero-order valence-corrected chi connectivity index (χ0v) is 15.6. The van der Waals surface area contributed by atoms with E-state index < -0.39 is 0 Å². The van der Waals surface area contributed by atoms with Crippen molar-refractivity contribution < 1.29 is 14.4 Å². The quantitative estimate of drug-likeness (QED) is 0.800. The topological polar surface area (TPSA) is 92.3 Å². The monoisotopic (exact) mass is 384 g/mol. The van der Waals surface area contributed by atoms with Crippen LogP contribution in [0.15, 0.2) is 29.8 Å². The second-order valence-corrected chi connectivity index (χ2v) is 7.73. The third-order valence-electron chi connectivity index (χ3n) is 5.17. The van der Waals surface area contributed by atoms with Crippen molar-refractivity contribution in [2.24, 2.45) is 11.8 Å². The molecule has 3 amide bonds. The molecule has 0 spiro atoms. The van der Waals surface area contributed by atoms with Gasteiger partial charge in [0.2, 0.25) is 17.7 Å². The smallest absolute Gasteiger partial charge is 0.233 e. The van der Waals surface area contributed by atoms with E-state index in [0.29, 0.717) is 10.8 Å². The zero-order chi connectivity index (χ0) is 18.8. The van der Waals surface area contributed by atoms with Gasteiger partial charge in [0.15, 0.2) is 5.13 Å². The molecule has 1 aliphatic heterocycles. The molecule has 0 bridgehead atoms. The summed E-state index contributed by atoms with van der Waals surface area (Å²) in [6.07, 6.45) is 5.33. The number of nitrogens with one attached hydrogen (secondary N) is 1. The van der Waals surface area contributed by atoms with E-state index in [1.807, 2.05) is 23.6 Å². The molecule has 2 atom stereocenters. The molecule has 3 heterocycles. The van der Waals surface area contributed by atoms with Gasteiger partial charge in [0.25, 0.3) is 0 Å². The Bertz CT molecular complexity index is 843. The summed E-state index contributed by atoms with van der Waals surface area (Å²) in [6.45, 7) is 0.134. The van der Waals surface area contributed by atoms with E-state index in [-0.39, 0.29) is 42.5 Å². The molecule has 1 saturated heterocycles. The molecule has 4 rings (SSSR count). The number of aromatic nitrogens is 2. The molecule has 2 aliphatic rings. The van der Waals surface area contributed by atoms with Crippen LogP contribution in [0.2, 0.25) is 0 Å². The molecule has 2 fully saturated rings. The summed E-state index contributed by atoms with van der Waals surface area (Å²) in [6, 6.07) is 5.56. The fraction of sp³-hybridized carbons (Fsp3) is 0.421. The van der Waals surface area contributed by atoms with Crippen LogP contribution in [0.5, 0.6) is 0 Å². The average molecular weight is 384 g/mol. The van der Waals surface area contributed by atoms with Gasteiger partial charge in [-0.15, -0.1) is 11.3 Å². The minimum absolute atomic E-state index is 0.0788. The second kappa shape index (κ2) is 7.56. The first kappa shape index (κ1) is 17.8. The van der Waals surface area contributed by atoms with Crippen molar-refractivity contribution >= 4 is 34.2 Å². The molecule has 7 nitrogen and oxygen atoms in total. The number of pyridine rings is 1. The molecule has 1 N–H and O–H groups in total. The third-order valence-corrected chi connectivity index (χ3v) is 5.93. The molecule has 140 valence electrons. The number of likely N-dealkylation sites (tertiary alicyclic amines) is 1. The largest absolute Gasteiger partial charge is 0.302 e. The lowest BCUT2D eigenvalue weighted by Gasteiger charge is -2.19. The fourth-order valence-corrected chi connectivity index (χ4v) is 4.53. The number of rotatable bonds is 5. The maximum Gasteiger partial charge on any atom is 0.233 e. The van der Waals surface area contributed by atoms with Crippen LogP contribution >= 0.6 is 11.3 Å². The van der Waals surface area contributed by atoms with Crippen molar-refractivity contribution in [2.45, 2.75) is 32.1 Å².